The summed E-state index contributed by atoms with van der Waals surface area (Å²) < 4.78 is 20.0. The third-order valence-corrected chi connectivity index (χ3v) is 6.84. The summed E-state index contributed by atoms with van der Waals surface area (Å²) in [6, 6.07) is 0. The Morgan fingerprint density at radius 1 is 1.37 bits per heavy atom. The highest BCUT2D eigenvalue weighted by Gasteiger charge is 2.54. The Bertz CT molecular complexity index is 871. The van der Waals surface area contributed by atoms with Gasteiger partial charge in [0.1, 0.15) is 5.52 Å². The van der Waals surface area contributed by atoms with Gasteiger partial charge in [-0.2, -0.15) is 9.97 Å². The maximum absolute atomic E-state index is 12.4. The Morgan fingerprint density at radius 2 is 1.96 bits per heavy atom. The molecule has 0 aliphatic carbocycles. The summed E-state index contributed by atoms with van der Waals surface area (Å²) in [5.74, 6) is -0.875. The fourth-order valence-corrected chi connectivity index (χ4v) is 5.17. The molecule has 2 rings (SSSR count). The van der Waals surface area contributed by atoms with Crippen molar-refractivity contribution in [3.8, 4) is 0 Å². The van der Waals surface area contributed by atoms with Gasteiger partial charge >= 0.3 is 7.60 Å². The van der Waals surface area contributed by atoms with Gasteiger partial charge in [-0.3, -0.25) is 4.57 Å². The third-order valence-electron chi connectivity index (χ3n) is 4.53. The first kappa shape index (κ1) is 21.8. The van der Waals surface area contributed by atoms with Crippen LogP contribution in [-0.4, -0.2) is 40.8 Å². The van der Waals surface area contributed by atoms with Crippen LogP contribution in [0.5, 0.6) is 0 Å². The topological polar surface area (TPSA) is 136 Å². The van der Waals surface area contributed by atoms with Crippen LogP contribution in [0.4, 0.5) is 5.95 Å². The van der Waals surface area contributed by atoms with Gasteiger partial charge in [0.05, 0.1) is 19.0 Å². The number of nitrogens with zero attached hydrogens (tertiary/aromatic N) is 4. The second-order valence-corrected chi connectivity index (χ2v) is 9.08. The number of imidazole rings is 1. The van der Waals surface area contributed by atoms with E-state index in [9.17, 15) is 14.4 Å². The minimum Gasteiger partial charge on any atom is -0.368 e. The van der Waals surface area contributed by atoms with Crippen molar-refractivity contribution in [3.05, 3.63) is 24.1 Å². The zero-order valence-electron chi connectivity index (χ0n) is 15.7. The molecule has 4 N–H and O–H groups in total. The molecule has 1 atom stereocenters. The summed E-state index contributed by atoms with van der Waals surface area (Å²) in [7, 11) is -4.60. The molecule has 2 aromatic heterocycles. The molecule has 150 valence electrons. The van der Waals surface area contributed by atoms with Gasteiger partial charge in [0, 0.05) is 0 Å². The highest BCUT2D eigenvalue weighted by molar-refractivity contribution is 7.53. The molecule has 0 radical (unpaired) electrons. The Kier molecular flexibility index (Phi) is 6.33. The number of aromatic nitrogens is 4. The first-order chi connectivity index (χ1) is 12.4. The number of fused-ring (bicyclic) bond motifs is 1. The van der Waals surface area contributed by atoms with E-state index >= 15 is 0 Å². The van der Waals surface area contributed by atoms with E-state index in [2.05, 4.69) is 21.5 Å². The van der Waals surface area contributed by atoms with Crippen LogP contribution in [0.15, 0.2) is 19.0 Å². The van der Waals surface area contributed by atoms with Crippen LogP contribution in [0.1, 0.15) is 27.7 Å². The van der Waals surface area contributed by atoms with Gasteiger partial charge in [-0.05, 0) is 11.8 Å². The predicted molar refractivity (Wildman–Crippen MR) is 104 cm³/mol. The van der Waals surface area contributed by atoms with Gasteiger partial charge < -0.3 is 24.8 Å². The van der Waals surface area contributed by atoms with Crippen molar-refractivity contribution in [2.75, 3.05) is 5.73 Å². The molecule has 0 saturated carbocycles. The molecule has 27 heavy (non-hydrogen) atoms. The molecule has 0 fully saturated rings. The molecule has 0 aliphatic rings. The van der Waals surface area contributed by atoms with E-state index in [0.29, 0.717) is 11.2 Å². The van der Waals surface area contributed by atoms with Gasteiger partial charge in [0.2, 0.25) is 5.95 Å². The normalized spacial score (nSPS) is 14.3. The SMILES string of the molecule is C=C[C@@H](Cn1cnc2c(Cl)nc(N)nc21)OC(C(C)C)(C(C)C)P(=O)(O)O. The van der Waals surface area contributed by atoms with E-state index in [-0.39, 0.29) is 17.6 Å². The standard InChI is InChI=1S/C16H25ClN5O4P/c1-6-11(26-16(9(2)3,10(4)5)27(23,24)25)7-22-8-19-12-13(17)20-15(18)21-14(12)22/h6,8-11H,1,7H2,2-5H3,(H2,18,20,21)(H2,23,24,25)/t11-/m0/s1. The number of hydrogen-bond acceptors (Lipinski definition) is 6. The third kappa shape index (κ3) is 4.02. The van der Waals surface area contributed by atoms with Crippen molar-refractivity contribution in [3.63, 3.8) is 0 Å². The summed E-state index contributed by atoms with van der Waals surface area (Å²) in [5.41, 5.74) is 6.43. The molecule has 11 heteroatoms. The van der Waals surface area contributed by atoms with Crippen molar-refractivity contribution >= 4 is 36.3 Å². The van der Waals surface area contributed by atoms with E-state index in [1.165, 1.54) is 12.4 Å². The molecule has 0 unspecified atom stereocenters. The van der Waals surface area contributed by atoms with Crippen LogP contribution < -0.4 is 5.73 Å². The van der Waals surface area contributed by atoms with Crippen LogP contribution in [0, 0.1) is 11.8 Å². The van der Waals surface area contributed by atoms with Crippen LogP contribution >= 0.6 is 19.2 Å². The quantitative estimate of drug-likeness (QED) is 0.339. The molecular weight excluding hydrogens is 393 g/mol. The summed E-state index contributed by atoms with van der Waals surface area (Å²) in [6.45, 7) is 10.8. The number of ether oxygens (including phenoxy) is 1. The fraction of sp³-hybridized carbons (Fsp3) is 0.562. The molecule has 0 aliphatic heterocycles. The van der Waals surface area contributed by atoms with Crippen LogP contribution in [0.2, 0.25) is 5.15 Å². The Hall–Kier alpha value is -1.51. The van der Waals surface area contributed by atoms with Crippen molar-refractivity contribution in [1.29, 1.82) is 0 Å². The zero-order chi connectivity index (χ0) is 20.6. The smallest absolute Gasteiger partial charge is 0.357 e. The van der Waals surface area contributed by atoms with Crippen molar-refractivity contribution < 1.29 is 19.1 Å². The minimum absolute atomic E-state index is 0.000698. The number of rotatable bonds is 8. The number of nitrogen functional groups attached to an aromatic ring is 1. The number of halogens is 1. The monoisotopic (exact) mass is 417 g/mol. The lowest BCUT2D eigenvalue weighted by molar-refractivity contribution is -0.0925. The van der Waals surface area contributed by atoms with Gasteiger partial charge in [0.15, 0.2) is 16.1 Å². The maximum Gasteiger partial charge on any atom is 0.357 e. The van der Waals surface area contributed by atoms with Crippen molar-refractivity contribution in [2.45, 2.75) is 45.7 Å². The Balaban J connectivity index is 2.43. The average molecular weight is 418 g/mol. The van der Waals surface area contributed by atoms with Gasteiger partial charge in [0.25, 0.3) is 0 Å². The lowest BCUT2D eigenvalue weighted by Gasteiger charge is -2.43. The summed E-state index contributed by atoms with van der Waals surface area (Å²) in [5, 5.41) is -1.53. The first-order valence-electron chi connectivity index (χ1n) is 8.43. The highest BCUT2D eigenvalue weighted by Crippen LogP contribution is 2.59. The minimum atomic E-state index is -4.60. The zero-order valence-corrected chi connectivity index (χ0v) is 17.4. The molecule has 0 amide bonds. The van der Waals surface area contributed by atoms with E-state index in [0.717, 1.165) is 0 Å². The van der Waals surface area contributed by atoms with Gasteiger partial charge in [-0.25, -0.2) is 4.98 Å². The Labute approximate surface area is 162 Å². The van der Waals surface area contributed by atoms with Crippen LogP contribution in [0.25, 0.3) is 11.2 Å². The summed E-state index contributed by atoms with van der Waals surface area (Å²) in [6.07, 6.45) is 2.27. The molecule has 0 spiro atoms. The van der Waals surface area contributed by atoms with E-state index in [1.54, 1.807) is 32.3 Å². The van der Waals surface area contributed by atoms with Gasteiger partial charge in [-0.15, -0.1) is 6.58 Å². The van der Waals surface area contributed by atoms with E-state index in [4.69, 9.17) is 22.1 Å². The molecule has 0 saturated heterocycles. The number of nitrogens with two attached hydrogens (primary N) is 1. The first-order valence-corrected chi connectivity index (χ1v) is 10.4. The molecule has 0 bridgehead atoms. The van der Waals surface area contributed by atoms with E-state index in [1.807, 2.05) is 0 Å². The fourth-order valence-electron chi connectivity index (χ4n) is 3.34. The molecule has 2 aromatic rings. The summed E-state index contributed by atoms with van der Waals surface area (Å²) >= 11 is 6.03. The largest absolute Gasteiger partial charge is 0.368 e. The van der Waals surface area contributed by atoms with Crippen molar-refractivity contribution in [2.24, 2.45) is 11.8 Å². The summed E-state index contributed by atoms with van der Waals surface area (Å²) in [4.78, 5) is 32.3. The van der Waals surface area contributed by atoms with Crippen molar-refractivity contribution in [1.82, 2.24) is 19.5 Å². The second kappa shape index (κ2) is 7.85. The number of anilines is 1. The van der Waals surface area contributed by atoms with Crippen LogP contribution in [0.3, 0.4) is 0 Å². The predicted octanol–water partition coefficient (Wildman–Crippen LogP) is 2.82. The number of hydrogen-bond donors (Lipinski definition) is 3. The van der Waals surface area contributed by atoms with Crippen LogP contribution in [-0.2, 0) is 15.8 Å². The molecular formula is C16H25ClN5O4P. The maximum atomic E-state index is 12.4. The van der Waals surface area contributed by atoms with Gasteiger partial charge in [-0.1, -0.05) is 45.4 Å². The lowest BCUT2D eigenvalue weighted by Crippen LogP contribution is -2.46. The average Bonchev–Trinajstić information content (AvgIpc) is 2.92. The molecule has 9 nitrogen and oxygen atoms in total. The Morgan fingerprint density at radius 3 is 2.44 bits per heavy atom. The lowest BCUT2D eigenvalue weighted by atomic mass is 9.95. The molecule has 0 aromatic carbocycles. The van der Waals surface area contributed by atoms with E-state index < -0.39 is 30.9 Å². The highest BCUT2D eigenvalue weighted by atomic mass is 35.5. The second-order valence-electron chi connectivity index (χ2n) is 6.94. The molecule has 2 heterocycles.